The van der Waals surface area contributed by atoms with Gasteiger partial charge in [0.15, 0.2) is 0 Å². The number of ether oxygens (including phenoxy) is 1. The molecule has 0 saturated heterocycles. The van der Waals surface area contributed by atoms with Crippen LogP contribution in [0.2, 0.25) is 5.02 Å². The molecule has 1 rings (SSSR count). The van der Waals surface area contributed by atoms with E-state index < -0.39 is 0 Å². The topological polar surface area (TPSA) is 9.23 Å². The molecule has 1 unspecified atom stereocenters. The number of rotatable bonds is 7. The highest BCUT2D eigenvalue weighted by atomic mass is 79.9. The Balaban J connectivity index is 2.49. The molecular weight excluding hydrogens is 312 g/mol. The average Bonchev–Trinajstić information content (AvgIpc) is 2.37. The number of halogens is 2. The molecule has 1 nitrogen and oxygen atoms in total. The number of benzene rings is 1. The molecule has 0 amide bonds. The van der Waals surface area contributed by atoms with Crippen LogP contribution in [0.3, 0.4) is 0 Å². The highest BCUT2D eigenvalue weighted by molar-refractivity contribution is 9.09. The highest BCUT2D eigenvalue weighted by Gasteiger charge is 2.19. The summed E-state index contributed by atoms with van der Waals surface area (Å²) in [4.78, 5) is 0. The van der Waals surface area contributed by atoms with E-state index in [1.54, 1.807) is 7.11 Å². The molecule has 0 radical (unpaired) electrons. The van der Waals surface area contributed by atoms with Gasteiger partial charge in [-0.25, -0.2) is 0 Å². The molecule has 1 aromatic rings. The minimum absolute atomic E-state index is 0.0274. The summed E-state index contributed by atoms with van der Waals surface area (Å²) in [6.07, 6.45) is 3.32. The van der Waals surface area contributed by atoms with Crippen molar-refractivity contribution in [2.24, 2.45) is 5.92 Å². The van der Waals surface area contributed by atoms with Crippen LogP contribution in [0.15, 0.2) is 24.3 Å². The third kappa shape index (κ3) is 5.73. The Morgan fingerprint density at radius 1 is 1.28 bits per heavy atom. The third-order valence-electron chi connectivity index (χ3n) is 3.36. The monoisotopic (exact) mass is 332 g/mol. The third-order valence-corrected chi connectivity index (χ3v) is 4.53. The van der Waals surface area contributed by atoms with Gasteiger partial charge >= 0.3 is 0 Å². The standard InChI is InChI=1S/C15H22BrClO/c1-15(2,18-3)9-8-13(11-16)10-12-4-6-14(17)7-5-12/h4-7,13H,8-11H2,1-3H3. The number of hydrogen-bond donors (Lipinski definition) is 0. The lowest BCUT2D eigenvalue weighted by atomic mass is 9.91. The number of hydrogen-bond acceptors (Lipinski definition) is 1. The molecular formula is C15H22BrClO. The maximum absolute atomic E-state index is 5.90. The number of methoxy groups -OCH3 is 1. The van der Waals surface area contributed by atoms with Gasteiger partial charge in [-0.2, -0.15) is 0 Å². The lowest BCUT2D eigenvalue weighted by molar-refractivity contribution is 0.0110. The van der Waals surface area contributed by atoms with Crippen molar-refractivity contribution in [2.75, 3.05) is 12.4 Å². The quantitative estimate of drug-likeness (QED) is 0.631. The zero-order valence-electron chi connectivity index (χ0n) is 11.4. The summed E-state index contributed by atoms with van der Waals surface area (Å²) in [5.74, 6) is 0.639. The number of alkyl halides is 1. The van der Waals surface area contributed by atoms with E-state index >= 15 is 0 Å². The first-order valence-corrected chi connectivity index (χ1v) is 7.82. The first-order chi connectivity index (χ1) is 8.46. The normalized spacial score (nSPS) is 13.6. The lowest BCUT2D eigenvalue weighted by Gasteiger charge is -2.25. The fourth-order valence-electron chi connectivity index (χ4n) is 1.84. The summed E-state index contributed by atoms with van der Waals surface area (Å²) in [6, 6.07) is 8.14. The summed E-state index contributed by atoms with van der Waals surface area (Å²) < 4.78 is 5.47. The molecule has 0 aromatic heterocycles. The molecule has 0 aliphatic rings. The smallest absolute Gasteiger partial charge is 0.0622 e. The molecule has 0 saturated carbocycles. The minimum Gasteiger partial charge on any atom is -0.379 e. The zero-order chi connectivity index (χ0) is 13.6. The van der Waals surface area contributed by atoms with Gasteiger partial charge in [-0.15, -0.1) is 0 Å². The van der Waals surface area contributed by atoms with E-state index in [1.807, 2.05) is 12.1 Å². The van der Waals surface area contributed by atoms with Gasteiger partial charge in [0.2, 0.25) is 0 Å². The van der Waals surface area contributed by atoms with Crippen LogP contribution in [0.4, 0.5) is 0 Å². The van der Waals surface area contributed by atoms with Gasteiger partial charge in [0, 0.05) is 17.5 Å². The Morgan fingerprint density at radius 2 is 1.89 bits per heavy atom. The maximum Gasteiger partial charge on any atom is 0.0622 e. The van der Waals surface area contributed by atoms with E-state index in [0.717, 1.165) is 29.6 Å². The lowest BCUT2D eigenvalue weighted by Crippen LogP contribution is -2.24. The first-order valence-electron chi connectivity index (χ1n) is 6.32. The van der Waals surface area contributed by atoms with Crippen LogP contribution < -0.4 is 0 Å². The minimum atomic E-state index is -0.0274. The van der Waals surface area contributed by atoms with Gasteiger partial charge in [0.25, 0.3) is 0 Å². The average molecular weight is 334 g/mol. The molecule has 0 N–H and O–H groups in total. The molecule has 1 atom stereocenters. The van der Waals surface area contributed by atoms with Crippen molar-refractivity contribution in [1.29, 1.82) is 0 Å². The molecule has 0 fully saturated rings. The molecule has 0 aliphatic carbocycles. The molecule has 0 bridgehead atoms. The van der Waals surface area contributed by atoms with Gasteiger partial charge in [0.1, 0.15) is 0 Å². The van der Waals surface area contributed by atoms with E-state index in [4.69, 9.17) is 16.3 Å². The Kier molecular flexibility index (Phi) is 6.68. The van der Waals surface area contributed by atoms with Gasteiger partial charge in [-0.3, -0.25) is 0 Å². The molecule has 102 valence electrons. The van der Waals surface area contributed by atoms with Crippen molar-refractivity contribution in [1.82, 2.24) is 0 Å². The van der Waals surface area contributed by atoms with Crippen LogP contribution in [0.5, 0.6) is 0 Å². The predicted octanol–water partition coefficient (Wildman–Crippen LogP) is 5.10. The van der Waals surface area contributed by atoms with Crippen molar-refractivity contribution in [2.45, 2.75) is 38.7 Å². The van der Waals surface area contributed by atoms with Crippen LogP contribution >= 0.6 is 27.5 Å². The van der Waals surface area contributed by atoms with Gasteiger partial charge in [-0.05, 0) is 56.7 Å². The van der Waals surface area contributed by atoms with Gasteiger partial charge in [0.05, 0.1) is 5.60 Å². The zero-order valence-corrected chi connectivity index (χ0v) is 13.7. The summed E-state index contributed by atoms with van der Waals surface area (Å²) in [7, 11) is 1.78. The Bertz CT molecular complexity index is 348. The molecule has 3 heteroatoms. The highest BCUT2D eigenvalue weighted by Crippen LogP contribution is 2.23. The first kappa shape index (κ1) is 16.0. The molecule has 18 heavy (non-hydrogen) atoms. The summed E-state index contributed by atoms with van der Waals surface area (Å²) in [6.45, 7) is 4.28. The fraction of sp³-hybridized carbons (Fsp3) is 0.600. The fourth-order valence-corrected chi connectivity index (χ4v) is 2.52. The van der Waals surface area contributed by atoms with Gasteiger partial charge < -0.3 is 4.74 Å². The van der Waals surface area contributed by atoms with Crippen molar-refractivity contribution < 1.29 is 4.74 Å². The maximum atomic E-state index is 5.90. The summed E-state index contributed by atoms with van der Waals surface area (Å²) >= 11 is 9.51. The molecule has 1 aromatic carbocycles. The Morgan fingerprint density at radius 3 is 2.39 bits per heavy atom. The second-order valence-electron chi connectivity index (χ2n) is 5.35. The summed E-state index contributed by atoms with van der Waals surface area (Å²) in [5.41, 5.74) is 1.32. The van der Waals surface area contributed by atoms with Crippen LogP contribution in [-0.2, 0) is 11.2 Å². The van der Waals surface area contributed by atoms with E-state index in [0.29, 0.717) is 5.92 Å². The van der Waals surface area contributed by atoms with Crippen molar-refractivity contribution in [3.05, 3.63) is 34.9 Å². The van der Waals surface area contributed by atoms with Crippen molar-refractivity contribution in [3.8, 4) is 0 Å². The Labute approximate surface area is 124 Å². The van der Waals surface area contributed by atoms with E-state index in [-0.39, 0.29) is 5.60 Å². The van der Waals surface area contributed by atoms with Gasteiger partial charge in [-0.1, -0.05) is 39.7 Å². The van der Waals surface area contributed by atoms with Crippen LogP contribution in [0.1, 0.15) is 32.3 Å². The van der Waals surface area contributed by atoms with E-state index in [9.17, 15) is 0 Å². The van der Waals surface area contributed by atoms with E-state index in [1.165, 1.54) is 5.56 Å². The molecule has 0 spiro atoms. The Hall–Kier alpha value is -0.0500. The van der Waals surface area contributed by atoms with Crippen LogP contribution in [-0.4, -0.2) is 18.0 Å². The second-order valence-corrected chi connectivity index (χ2v) is 6.44. The predicted molar refractivity (Wildman–Crippen MR) is 82.8 cm³/mol. The molecule has 0 heterocycles. The van der Waals surface area contributed by atoms with E-state index in [2.05, 4.69) is 41.9 Å². The summed E-state index contributed by atoms with van der Waals surface area (Å²) in [5, 5.41) is 1.82. The van der Waals surface area contributed by atoms with Crippen LogP contribution in [0, 0.1) is 5.92 Å². The van der Waals surface area contributed by atoms with Crippen molar-refractivity contribution >= 4 is 27.5 Å². The SMILES string of the molecule is COC(C)(C)CCC(CBr)Cc1ccc(Cl)cc1. The molecule has 0 aliphatic heterocycles. The van der Waals surface area contributed by atoms with Crippen molar-refractivity contribution in [3.63, 3.8) is 0 Å². The van der Waals surface area contributed by atoms with Crippen LogP contribution in [0.25, 0.3) is 0 Å². The largest absolute Gasteiger partial charge is 0.379 e. The second kappa shape index (κ2) is 7.52.